The van der Waals surface area contributed by atoms with Crippen LogP contribution in [0.25, 0.3) is 10.8 Å². The van der Waals surface area contributed by atoms with Crippen LogP contribution in [0.1, 0.15) is 27.6 Å². The van der Waals surface area contributed by atoms with Gasteiger partial charge in [-0.05, 0) is 64.0 Å². The molecule has 0 saturated carbocycles. The van der Waals surface area contributed by atoms with E-state index in [2.05, 4.69) is 21.2 Å². The lowest BCUT2D eigenvalue weighted by Crippen LogP contribution is -2.52. The van der Waals surface area contributed by atoms with Crippen molar-refractivity contribution in [2.75, 3.05) is 44.8 Å². The third kappa shape index (κ3) is 5.55. The maximum absolute atomic E-state index is 13.2. The number of fused-ring (bicyclic) bond motifs is 1. The predicted octanol–water partition coefficient (Wildman–Crippen LogP) is 4.53. The van der Waals surface area contributed by atoms with Crippen LogP contribution >= 0.6 is 28.1 Å². The largest absolute Gasteiger partial charge is 0.495 e. The Kier molecular flexibility index (Phi) is 8.42. The highest BCUT2D eigenvalue weighted by Crippen LogP contribution is 2.36. The molecule has 1 aliphatic rings. The average molecular weight is 601 g/mol. The van der Waals surface area contributed by atoms with Crippen LogP contribution in [0.3, 0.4) is 0 Å². The number of nitro groups is 1. The van der Waals surface area contributed by atoms with Gasteiger partial charge in [0, 0.05) is 32.2 Å². The van der Waals surface area contributed by atoms with E-state index in [9.17, 15) is 19.7 Å². The standard InChI is InChI=1S/C26H25BrN4O6S/c1-3-37-25(33)17-8-9-20(21(15-17)31(34)35)29-10-12-30(13-11-29)26(38)28-24(32)19-14-16-6-4-5-7-18(16)22(27)23(19)36-2/h4-9,14-15H,3,10-13H2,1-2H3,(H,28,32,38). The lowest BCUT2D eigenvalue weighted by atomic mass is 10.1. The third-order valence-electron chi connectivity index (χ3n) is 6.20. The summed E-state index contributed by atoms with van der Waals surface area (Å²) in [6, 6.07) is 13.7. The molecule has 1 saturated heterocycles. The summed E-state index contributed by atoms with van der Waals surface area (Å²) in [5.74, 6) is -0.596. The van der Waals surface area contributed by atoms with Crippen LogP contribution in [0, 0.1) is 10.1 Å². The van der Waals surface area contributed by atoms with Crippen molar-refractivity contribution in [1.29, 1.82) is 0 Å². The highest BCUT2D eigenvalue weighted by Gasteiger charge is 2.27. The number of halogens is 1. The van der Waals surface area contributed by atoms with E-state index < -0.39 is 16.8 Å². The Bertz CT molecular complexity index is 1420. The van der Waals surface area contributed by atoms with Gasteiger partial charge in [0.05, 0.1) is 34.2 Å². The number of nitrogens with one attached hydrogen (secondary N) is 1. The molecule has 0 aromatic heterocycles. The minimum atomic E-state index is -0.608. The zero-order chi connectivity index (χ0) is 27.4. The molecule has 10 nitrogen and oxygen atoms in total. The van der Waals surface area contributed by atoms with Crippen LogP contribution in [0.15, 0.2) is 53.0 Å². The molecule has 0 spiro atoms. The Hall–Kier alpha value is -3.77. The molecule has 1 N–H and O–H groups in total. The van der Waals surface area contributed by atoms with E-state index in [1.165, 1.54) is 19.2 Å². The predicted molar refractivity (Wildman–Crippen MR) is 151 cm³/mol. The molecule has 12 heteroatoms. The number of amides is 1. The van der Waals surface area contributed by atoms with Crippen LogP contribution in [-0.4, -0.2) is 66.7 Å². The number of carbonyl (C=O) groups excluding carboxylic acids is 2. The summed E-state index contributed by atoms with van der Waals surface area (Å²) in [4.78, 5) is 40.1. The number of nitro benzene ring substituents is 1. The Morgan fingerprint density at radius 3 is 2.50 bits per heavy atom. The van der Waals surface area contributed by atoms with E-state index in [4.69, 9.17) is 21.7 Å². The fourth-order valence-corrected chi connectivity index (χ4v) is 5.34. The second kappa shape index (κ2) is 11.7. The first kappa shape index (κ1) is 27.3. The van der Waals surface area contributed by atoms with Crippen molar-refractivity contribution >= 4 is 67.3 Å². The minimum absolute atomic E-state index is 0.126. The molecule has 198 valence electrons. The van der Waals surface area contributed by atoms with Gasteiger partial charge in [-0.2, -0.15) is 0 Å². The van der Waals surface area contributed by atoms with Crippen LogP contribution in [0.4, 0.5) is 11.4 Å². The highest BCUT2D eigenvalue weighted by atomic mass is 79.9. The molecule has 0 bridgehead atoms. The number of carbonyl (C=O) groups is 2. The van der Waals surface area contributed by atoms with Crippen molar-refractivity contribution in [3.63, 3.8) is 0 Å². The van der Waals surface area contributed by atoms with Gasteiger partial charge in [0.2, 0.25) is 0 Å². The smallest absolute Gasteiger partial charge is 0.338 e. The number of ether oxygens (including phenoxy) is 2. The first-order valence-electron chi connectivity index (χ1n) is 11.8. The van der Waals surface area contributed by atoms with Crippen molar-refractivity contribution < 1.29 is 24.0 Å². The second-order valence-corrected chi connectivity index (χ2v) is 9.59. The van der Waals surface area contributed by atoms with E-state index in [1.54, 1.807) is 19.1 Å². The lowest BCUT2D eigenvalue weighted by Gasteiger charge is -2.37. The maximum atomic E-state index is 13.2. The highest BCUT2D eigenvalue weighted by molar-refractivity contribution is 9.10. The summed E-state index contributed by atoms with van der Waals surface area (Å²) >= 11 is 9.06. The number of hydrogen-bond donors (Lipinski definition) is 1. The van der Waals surface area contributed by atoms with E-state index in [0.29, 0.717) is 47.7 Å². The summed E-state index contributed by atoms with van der Waals surface area (Å²) in [6.45, 7) is 3.59. The van der Waals surface area contributed by atoms with Crippen LogP contribution in [0.5, 0.6) is 5.75 Å². The topological polar surface area (TPSA) is 114 Å². The Morgan fingerprint density at radius 1 is 1.13 bits per heavy atom. The summed E-state index contributed by atoms with van der Waals surface area (Å²) in [5, 5.41) is 16.6. The number of hydrogen-bond acceptors (Lipinski definition) is 8. The van der Waals surface area contributed by atoms with Gasteiger partial charge in [-0.1, -0.05) is 24.3 Å². The van der Waals surface area contributed by atoms with Gasteiger partial charge >= 0.3 is 5.97 Å². The molecule has 38 heavy (non-hydrogen) atoms. The number of piperazine rings is 1. The fraction of sp³-hybridized carbons (Fsp3) is 0.269. The first-order valence-corrected chi connectivity index (χ1v) is 13.0. The van der Waals surface area contributed by atoms with Crippen molar-refractivity contribution in [1.82, 2.24) is 10.2 Å². The molecule has 3 aromatic rings. The average Bonchev–Trinajstić information content (AvgIpc) is 2.92. The number of thiocarbonyl (C=S) groups is 1. The van der Waals surface area contributed by atoms with Crippen molar-refractivity contribution in [3.05, 3.63) is 74.2 Å². The first-order chi connectivity index (χ1) is 18.2. The summed E-state index contributed by atoms with van der Waals surface area (Å²) in [5.41, 5.74) is 0.703. The quantitative estimate of drug-likeness (QED) is 0.188. The molecule has 4 rings (SSSR count). The van der Waals surface area contributed by atoms with E-state index in [1.807, 2.05) is 34.1 Å². The Balaban J connectivity index is 1.45. The van der Waals surface area contributed by atoms with Gasteiger partial charge in [0.25, 0.3) is 11.6 Å². The van der Waals surface area contributed by atoms with Crippen LogP contribution in [-0.2, 0) is 4.74 Å². The molecule has 1 aliphatic heterocycles. The van der Waals surface area contributed by atoms with Crippen LogP contribution < -0.4 is 15.0 Å². The Morgan fingerprint density at radius 2 is 1.84 bits per heavy atom. The number of methoxy groups -OCH3 is 1. The van der Waals surface area contributed by atoms with Crippen LogP contribution in [0.2, 0.25) is 0 Å². The number of nitrogens with zero attached hydrogens (tertiary/aromatic N) is 3. The zero-order valence-corrected chi connectivity index (χ0v) is 23.1. The Labute approximate surface area is 232 Å². The number of esters is 1. The van der Waals surface area contributed by atoms with Gasteiger partial charge in [-0.3, -0.25) is 20.2 Å². The number of benzene rings is 3. The molecule has 1 fully saturated rings. The summed E-state index contributed by atoms with van der Waals surface area (Å²) in [7, 11) is 1.50. The second-order valence-electron chi connectivity index (χ2n) is 8.41. The zero-order valence-electron chi connectivity index (χ0n) is 20.7. The maximum Gasteiger partial charge on any atom is 0.338 e. The van der Waals surface area contributed by atoms with E-state index in [0.717, 1.165) is 10.8 Å². The van der Waals surface area contributed by atoms with Crippen molar-refractivity contribution in [3.8, 4) is 5.75 Å². The lowest BCUT2D eigenvalue weighted by molar-refractivity contribution is -0.384. The van der Waals surface area contributed by atoms with Gasteiger partial charge in [0.15, 0.2) is 5.11 Å². The third-order valence-corrected chi connectivity index (χ3v) is 7.35. The minimum Gasteiger partial charge on any atom is -0.495 e. The normalized spacial score (nSPS) is 13.2. The van der Waals surface area contributed by atoms with E-state index >= 15 is 0 Å². The van der Waals surface area contributed by atoms with Gasteiger partial charge < -0.3 is 19.3 Å². The van der Waals surface area contributed by atoms with Gasteiger partial charge in [-0.15, -0.1) is 0 Å². The monoisotopic (exact) mass is 600 g/mol. The molecular weight excluding hydrogens is 576 g/mol. The summed E-state index contributed by atoms with van der Waals surface area (Å²) < 4.78 is 11.1. The molecule has 1 amide bonds. The number of anilines is 1. The summed E-state index contributed by atoms with van der Waals surface area (Å²) in [6.07, 6.45) is 0. The molecular formula is C26H25BrN4O6S. The fourth-order valence-electron chi connectivity index (χ4n) is 4.33. The molecule has 0 aliphatic carbocycles. The number of rotatable bonds is 6. The molecule has 0 atom stereocenters. The van der Waals surface area contributed by atoms with E-state index in [-0.39, 0.29) is 23.0 Å². The van der Waals surface area contributed by atoms with Gasteiger partial charge in [0.1, 0.15) is 11.4 Å². The molecule has 3 aromatic carbocycles. The van der Waals surface area contributed by atoms with Gasteiger partial charge in [-0.25, -0.2) is 4.79 Å². The molecule has 0 unspecified atom stereocenters. The molecule has 1 heterocycles. The molecule has 0 radical (unpaired) electrons. The van der Waals surface area contributed by atoms with Crippen molar-refractivity contribution in [2.24, 2.45) is 0 Å². The SMILES string of the molecule is CCOC(=O)c1ccc(N2CCN(C(=S)NC(=O)c3cc4ccccc4c(Br)c3OC)CC2)c([N+](=O)[O-])c1. The van der Waals surface area contributed by atoms with Crippen molar-refractivity contribution in [2.45, 2.75) is 6.92 Å².